The number of ether oxygens (including phenoxy) is 1. The molecule has 1 heterocycles. The van der Waals surface area contributed by atoms with Crippen molar-refractivity contribution in [3.05, 3.63) is 0 Å². The minimum atomic E-state index is 0.226. The summed E-state index contributed by atoms with van der Waals surface area (Å²) in [6.45, 7) is 4.82. The number of piperidine rings is 1. The van der Waals surface area contributed by atoms with Gasteiger partial charge >= 0.3 is 0 Å². The van der Waals surface area contributed by atoms with Crippen molar-refractivity contribution >= 4 is 5.91 Å². The monoisotopic (exact) mass is 266 g/mol. The van der Waals surface area contributed by atoms with E-state index < -0.39 is 0 Å². The number of carbonyl (C=O) groups excluding carboxylic acids is 1. The van der Waals surface area contributed by atoms with Gasteiger partial charge in [0.2, 0.25) is 5.91 Å². The van der Waals surface area contributed by atoms with Gasteiger partial charge in [-0.2, -0.15) is 0 Å². The van der Waals surface area contributed by atoms with E-state index in [2.05, 4.69) is 17.6 Å². The van der Waals surface area contributed by atoms with Crippen molar-refractivity contribution in [1.82, 2.24) is 10.6 Å². The molecule has 2 N–H and O–H groups in total. The SMILES string of the molecule is CCOC1CC(NC(=O)C2CCNCC2)C12CCC2. The largest absolute Gasteiger partial charge is 0.378 e. The fourth-order valence-corrected chi connectivity index (χ4v) is 4.01. The molecule has 19 heavy (non-hydrogen) atoms. The molecule has 2 unspecified atom stereocenters. The third kappa shape index (κ3) is 2.29. The van der Waals surface area contributed by atoms with Crippen molar-refractivity contribution in [3.8, 4) is 0 Å². The molecule has 1 amide bonds. The van der Waals surface area contributed by atoms with Crippen LogP contribution in [0.25, 0.3) is 0 Å². The van der Waals surface area contributed by atoms with Crippen LogP contribution in [-0.2, 0) is 9.53 Å². The van der Waals surface area contributed by atoms with Crippen LogP contribution in [0.4, 0.5) is 0 Å². The summed E-state index contributed by atoms with van der Waals surface area (Å²) in [6.07, 6.45) is 7.14. The van der Waals surface area contributed by atoms with E-state index in [4.69, 9.17) is 4.74 Å². The molecule has 0 aromatic heterocycles. The summed E-state index contributed by atoms with van der Waals surface area (Å²) in [6, 6.07) is 0.375. The molecule has 4 nitrogen and oxygen atoms in total. The van der Waals surface area contributed by atoms with Crippen LogP contribution in [0.5, 0.6) is 0 Å². The first-order valence-electron chi connectivity index (χ1n) is 7.89. The van der Waals surface area contributed by atoms with E-state index in [0.29, 0.717) is 17.6 Å². The molecule has 0 aromatic carbocycles. The number of rotatable bonds is 4. The van der Waals surface area contributed by atoms with E-state index in [0.717, 1.165) is 39.0 Å². The van der Waals surface area contributed by atoms with Gasteiger partial charge in [-0.3, -0.25) is 4.79 Å². The Labute approximate surface area is 115 Å². The first kappa shape index (κ1) is 13.4. The second-order valence-electron chi connectivity index (χ2n) is 6.35. The molecule has 1 saturated heterocycles. The van der Waals surface area contributed by atoms with E-state index in [1.165, 1.54) is 19.3 Å². The van der Waals surface area contributed by atoms with Gasteiger partial charge in [-0.15, -0.1) is 0 Å². The minimum Gasteiger partial charge on any atom is -0.378 e. The first-order chi connectivity index (χ1) is 9.26. The van der Waals surface area contributed by atoms with Crippen LogP contribution in [0.1, 0.15) is 45.4 Å². The normalized spacial score (nSPS) is 33.5. The second-order valence-corrected chi connectivity index (χ2v) is 6.35. The maximum Gasteiger partial charge on any atom is 0.223 e. The van der Waals surface area contributed by atoms with Gasteiger partial charge in [0, 0.05) is 24.0 Å². The highest BCUT2D eigenvalue weighted by Gasteiger charge is 2.59. The molecule has 2 saturated carbocycles. The molecule has 1 spiro atoms. The zero-order chi connectivity index (χ0) is 13.3. The van der Waals surface area contributed by atoms with Crippen molar-refractivity contribution < 1.29 is 9.53 Å². The van der Waals surface area contributed by atoms with Crippen LogP contribution in [-0.4, -0.2) is 37.7 Å². The fraction of sp³-hybridized carbons (Fsp3) is 0.933. The number of hydrogen-bond donors (Lipinski definition) is 2. The topological polar surface area (TPSA) is 50.4 Å². The van der Waals surface area contributed by atoms with E-state index >= 15 is 0 Å². The lowest BCUT2D eigenvalue weighted by Crippen LogP contribution is -2.68. The Kier molecular flexibility index (Phi) is 3.81. The molecule has 4 heteroatoms. The van der Waals surface area contributed by atoms with E-state index in [1.54, 1.807) is 0 Å². The van der Waals surface area contributed by atoms with E-state index in [-0.39, 0.29) is 11.8 Å². The summed E-state index contributed by atoms with van der Waals surface area (Å²) in [5.74, 6) is 0.511. The molecular weight excluding hydrogens is 240 g/mol. The highest BCUT2D eigenvalue weighted by atomic mass is 16.5. The van der Waals surface area contributed by atoms with Gasteiger partial charge in [-0.05, 0) is 52.1 Å². The van der Waals surface area contributed by atoms with Gasteiger partial charge in [-0.1, -0.05) is 6.42 Å². The predicted octanol–water partition coefficient (Wildman–Crippen LogP) is 1.45. The van der Waals surface area contributed by atoms with Crippen LogP contribution in [0.2, 0.25) is 0 Å². The highest BCUT2D eigenvalue weighted by molar-refractivity contribution is 5.79. The summed E-state index contributed by atoms with van der Waals surface area (Å²) in [5.41, 5.74) is 0.290. The molecule has 0 bridgehead atoms. The van der Waals surface area contributed by atoms with Crippen LogP contribution in [0.15, 0.2) is 0 Å². The molecule has 1 aliphatic heterocycles. The van der Waals surface area contributed by atoms with Gasteiger partial charge < -0.3 is 15.4 Å². The van der Waals surface area contributed by atoms with E-state index in [9.17, 15) is 4.79 Å². The van der Waals surface area contributed by atoms with Crippen molar-refractivity contribution in [2.75, 3.05) is 19.7 Å². The molecule has 2 aliphatic carbocycles. The number of amides is 1. The van der Waals surface area contributed by atoms with E-state index in [1.807, 2.05) is 0 Å². The quantitative estimate of drug-likeness (QED) is 0.810. The van der Waals surface area contributed by atoms with Gasteiger partial charge in [0.05, 0.1) is 6.10 Å². The summed E-state index contributed by atoms with van der Waals surface area (Å²) < 4.78 is 5.83. The van der Waals surface area contributed by atoms with Crippen molar-refractivity contribution in [2.24, 2.45) is 11.3 Å². The van der Waals surface area contributed by atoms with Crippen molar-refractivity contribution in [1.29, 1.82) is 0 Å². The molecule has 3 rings (SSSR count). The standard InChI is InChI=1S/C15H26N2O2/c1-2-19-13-10-12(15(13)6-3-7-15)17-14(18)11-4-8-16-9-5-11/h11-13,16H,2-10H2,1H3,(H,17,18). The van der Waals surface area contributed by atoms with Gasteiger partial charge in [0.15, 0.2) is 0 Å². The van der Waals surface area contributed by atoms with Crippen molar-refractivity contribution in [3.63, 3.8) is 0 Å². The Morgan fingerprint density at radius 1 is 1.37 bits per heavy atom. The summed E-state index contributed by atoms with van der Waals surface area (Å²) in [5, 5.41) is 6.63. The zero-order valence-corrected chi connectivity index (χ0v) is 11.9. The average Bonchev–Trinajstić information content (AvgIpc) is 2.36. The zero-order valence-electron chi connectivity index (χ0n) is 11.9. The summed E-state index contributed by atoms with van der Waals surface area (Å²) >= 11 is 0. The Morgan fingerprint density at radius 2 is 2.11 bits per heavy atom. The van der Waals surface area contributed by atoms with Crippen molar-refractivity contribution in [2.45, 2.75) is 57.6 Å². The predicted molar refractivity (Wildman–Crippen MR) is 73.8 cm³/mol. The lowest BCUT2D eigenvalue weighted by molar-refractivity contribution is -0.176. The minimum absolute atomic E-state index is 0.226. The smallest absolute Gasteiger partial charge is 0.223 e. The summed E-state index contributed by atoms with van der Waals surface area (Å²) in [4.78, 5) is 12.3. The van der Waals surface area contributed by atoms with Crippen LogP contribution in [0, 0.1) is 11.3 Å². The number of nitrogens with one attached hydrogen (secondary N) is 2. The molecule has 3 fully saturated rings. The average molecular weight is 266 g/mol. The molecule has 0 radical (unpaired) electrons. The van der Waals surface area contributed by atoms with Gasteiger partial charge in [0.1, 0.15) is 0 Å². The molecule has 2 atom stereocenters. The van der Waals surface area contributed by atoms with Gasteiger partial charge in [0.25, 0.3) is 0 Å². The van der Waals surface area contributed by atoms with Crippen LogP contribution in [0.3, 0.4) is 0 Å². The Bertz CT molecular complexity index is 335. The molecule has 3 aliphatic rings. The Hall–Kier alpha value is -0.610. The first-order valence-corrected chi connectivity index (χ1v) is 7.89. The van der Waals surface area contributed by atoms with Gasteiger partial charge in [-0.25, -0.2) is 0 Å². The maximum atomic E-state index is 12.3. The van der Waals surface area contributed by atoms with Crippen LogP contribution >= 0.6 is 0 Å². The molecular formula is C15H26N2O2. The summed E-state index contributed by atoms with van der Waals surface area (Å²) in [7, 11) is 0. The highest BCUT2D eigenvalue weighted by Crippen LogP contribution is 2.57. The molecule has 0 aromatic rings. The fourth-order valence-electron chi connectivity index (χ4n) is 4.01. The van der Waals surface area contributed by atoms with Crippen LogP contribution < -0.4 is 10.6 Å². The third-order valence-electron chi connectivity index (χ3n) is 5.46. The molecule has 108 valence electrons. The maximum absolute atomic E-state index is 12.3. The lowest BCUT2D eigenvalue weighted by Gasteiger charge is -2.61. The lowest BCUT2D eigenvalue weighted by atomic mass is 9.51. The Balaban J connectivity index is 1.54. The Morgan fingerprint density at radius 3 is 2.68 bits per heavy atom. The number of carbonyl (C=O) groups is 1. The number of hydrogen-bond acceptors (Lipinski definition) is 3. The second kappa shape index (κ2) is 5.41. The third-order valence-corrected chi connectivity index (χ3v) is 5.46.